The number of aliphatic hydroxyl groups is 1. The number of ketones is 1. The summed E-state index contributed by atoms with van der Waals surface area (Å²) in [5.74, 6) is -0.0190. The smallest absolute Gasteiger partial charge is 0.167 e. The number of rotatable bonds is 4. The maximum atomic E-state index is 13.7. The maximum Gasteiger partial charge on any atom is 0.167 e. The molecule has 28 heavy (non-hydrogen) atoms. The number of carbonyl (C=O) groups excluding carboxylic acids is 1. The van der Waals surface area contributed by atoms with Gasteiger partial charge in [-0.2, -0.15) is 0 Å². The van der Waals surface area contributed by atoms with Crippen molar-refractivity contribution in [1.82, 2.24) is 9.55 Å². The molecule has 1 N–H and O–H groups in total. The van der Waals surface area contributed by atoms with E-state index in [0.717, 1.165) is 41.5 Å². The molecule has 2 aromatic heterocycles. The van der Waals surface area contributed by atoms with E-state index in [0.29, 0.717) is 24.8 Å². The Kier molecular flexibility index (Phi) is 5.53. The number of nitrogens with zero attached hydrogens (tertiary/aromatic N) is 2. The first-order valence-electron chi connectivity index (χ1n) is 10.0. The minimum absolute atomic E-state index is 0.0146. The van der Waals surface area contributed by atoms with Crippen molar-refractivity contribution in [2.24, 2.45) is 5.92 Å². The lowest BCUT2D eigenvalue weighted by atomic mass is 9.85. The van der Waals surface area contributed by atoms with Crippen LogP contribution in [0.4, 0.5) is 4.39 Å². The Hall–Kier alpha value is -2.53. The summed E-state index contributed by atoms with van der Waals surface area (Å²) in [6.07, 6.45) is 7.14. The van der Waals surface area contributed by atoms with E-state index in [4.69, 9.17) is 0 Å². The monoisotopic (exact) mass is 380 g/mol. The fourth-order valence-corrected chi connectivity index (χ4v) is 4.05. The topological polar surface area (TPSA) is 55.1 Å². The molecule has 0 spiro atoms. The average Bonchev–Trinajstić information content (AvgIpc) is 3.14. The van der Waals surface area contributed by atoms with Gasteiger partial charge in [-0.1, -0.05) is 25.0 Å². The number of hydrogen-bond acceptors (Lipinski definition) is 3. The standard InChI is InChI=1S/C23H25FN2O2/c24-20-4-2-1-3-17(7-8-20)22(28)19-13-18-11-12-26(23(18)25-14-19)21-9-5-16(15-27)6-10-21/h5-6,9-14,17,20,27H,1-4,7-8,15H2. The summed E-state index contributed by atoms with van der Waals surface area (Å²) in [6.45, 7) is 0.0146. The second kappa shape index (κ2) is 8.23. The molecule has 3 aromatic rings. The molecule has 0 amide bonds. The number of benzene rings is 1. The molecule has 2 heterocycles. The first-order chi connectivity index (χ1) is 13.7. The predicted octanol–water partition coefficient (Wildman–Crippen LogP) is 5.01. The van der Waals surface area contributed by atoms with E-state index in [9.17, 15) is 14.3 Å². The molecule has 146 valence electrons. The van der Waals surface area contributed by atoms with Crippen LogP contribution in [0.1, 0.15) is 54.4 Å². The average molecular weight is 380 g/mol. The quantitative estimate of drug-likeness (QED) is 0.648. The molecule has 2 unspecified atom stereocenters. The van der Waals surface area contributed by atoms with Gasteiger partial charge in [0.15, 0.2) is 5.78 Å². The van der Waals surface area contributed by atoms with Crippen molar-refractivity contribution in [1.29, 1.82) is 0 Å². The van der Waals surface area contributed by atoms with Crippen LogP contribution in [0, 0.1) is 5.92 Å². The largest absolute Gasteiger partial charge is 0.392 e. The van der Waals surface area contributed by atoms with Crippen LogP contribution in [-0.4, -0.2) is 26.6 Å². The van der Waals surface area contributed by atoms with Crippen molar-refractivity contribution < 1.29 is 14.3 Å². The highest BCUT2D eigenvalue weighted by Crippen LogP contribution is 2.28. The zero-order valence-corrected chi connectivity index (χ0v) is 15.9. The van der Waals surface area contributed by atoms with E-state index < -0.39 is 6.17 Å². The molecule has 4 rings (SSSR count). The number of alkyl halides is 1. The summed E-state index contributed by atoms with van der Waals surface area (Å²) in [5, 5.41) is 10.1. The summed E-state index contributed by atoms with van der Waals surface area (Å²) < 4.78 is 15.7. The third kappa shape index (κ3) is 3.85. The van der Waals surface area contributed by atoms with Gasteiger partial charge < -0.3 is 9.67 Å². The SMILES string of the molecule is O=C(c1cnc2c(ccn2-c2ccc(CO)cc2)c1)C1CCCCC(F)CC1. The van der Waals surface area contributed by atoms with E-state index in [2.05, 4.69) is 4.98 Å². The van der Waals surface area contributed by atoms with Gasteiger partial charge in [-0.15, -0.1) is 0 Å². The number of aliphatic hydroxyl groups excluding tert-OH is 1. The third-order valence-electron chi connectivity index (χ3n) is 5.73. The molecule has 1 aliphatic rings. The highest BCUT2D eigenvalue weighted by Gasteiger charge is 2.24. The van der Waals surface area contributed by atoms with Gasteiger partial charge >= 0.3 is 0 Å². The van der Waals surface area contributed by atoms with Crippen LogP contribution < -0.4 is 0 Å². The van der Waals surface area contributed by atoms with E-state index in [1.54, 1.807) is 6.20 Å². The zero-order valence-electron chi connectivity index (χ0n) is 15.9. The van der Waals surface area contributed by atoms with Crippen molar-refractivity contribution in [3.05, 3.63) is 59.9 Å². The van der Waals surface area contributed by atoms with E-state index >= 15 is 0 Å². The Balaban J connectivity index is 1.58. The molecule has 4 nitrogen and oxygen atoms in total. The molecule has 0 aliphatic heterocycles. The zero-order chi connectivity index (χ0) is 19.5. The van der Waals surface area contributed by atoms with Crippen molar-refractivity contribution in [3.63, 3.8) is 0 Å². The van der Waals surface area contributed by atoms with Gasteiger partial charge in [0.1, 0.15) is 11.8 Å². The second-order valence-electron chi connectivity index (χ2n) is 7.67. The van der Waals surface area contributed by atoms with Crippen molar-refractivity contribution in [3.8, 4) is 5.69 Å². The van der Waals surface area contributed by atoms with Gasteiger partial charge in [0.05, 0.1) is 6.61 Å². The summed E-state index contributed by atoms with van der Waals surface area (Å²) in [5.41, 5.74) is 3.21. The highest BCUT2D eigenvalue weighted by molar-refractivity contribution is 6.00. The number of fused-ring (bicyclic) bond motifs is 1. The lowest BCUT2D eigenvalue weighted by Gasteiger charge is -2.20. The molecule has 0 radical (unpaired) electrons. The van der Waals surface area contributed by atoms with Gasteiger partial charge in [-0.25, -0.2) is 9.37 Å². The van der Waals surface area contributed by atoms with Crippen molar-refractivity contribution in [2.75, 3.05) is 0 Å². The lowest BCUT2D eigenvalue weighted by Crippen LogP contribution is -2.19. The Bertz CT molecular complexity index is 964. The lowest BCUT2D eigenvalue weighted by molar-refractivity contribution is 0.0886. The van der Waals surface area contributed by atoms with Crippen molar-refractivity contribution in [2.45, 2.75) is 51.3 Å². The molecule has 5 heteroatoms. The van der Waals surface area contributed by atoms with Crippen LogP contribution >= 0.6 is 0 Å². The van der Waals surface area contributed by atoms with Gasteiger partial charge in [-0.3, -0.25) is 4.79 Å². The molecule has 1 aliphatic carbocycles. The number of pyridine rings is 1. The summed E-state index contributed by atoms with van der Waals surface area (Å²) in [4.78, 5) is 17.5. The fraction of sp³-hybridized carbons (Fsp3) is 0.391. The predicted molar refractivity (Wildman–Crippen MR) is 107 cm³/mol. The van der Waals surface area contributed by atoms with Crippen LogP contribution in [-0.2, 0) is 6.61 Å². The molecular formula is C23H25FN2O2. The first-order valence-corrected chi connectivity index (χ1v) is 10.0. The van der Waals surface area contributed by atoms with Crippen LogP contribution in [0.15, 0.2) is 48.8 Å². The van der Waals surface area contributed by atoms with Gasteiger partial charge in [0.2, 0.25) is 0 Å². The highest BCUT2D eigenvalue weighted by atomic mass is 19.1. The first kappa shape index (κ1) is 18.8. The number of hydrogen-bond donors (Lipinski definition) is 1. The molecule has 0 bridgehead atoms. The minimum atomic E-state index is -0.776. The van der Waals surface area contributed by atoms with Crippen LogP contribution in [0.5, 0.6) is 0 Å². The van der Waals surface area contributed by atoms with Crippen LogP contribution in [0.25, 0.3) is 16.7 Å². The van der Waals surface area contributed by atoms with Gasteiger partial charge in [0.25, 0.3) is 0 Å². The minimum Gasteiger partial charge on any atom is -0.392 e. The Labute approximate surface area is 164 Å². The van der Waals surface area contributed by atoms with Crippen molar-refractivity contribution >= 4 is 16.8 Å². The number of aromatic nitrogens is 2. The van der Waals surface area contributed by atoms with Crippen LogP contribution in [0.2, 0.25) is 0 Å². The second-order valence-corrected chi connectivity index (χ2v) is 7.67. The number of Topliss-reactive ketones (excluding diaryl/α,β-unsaturated/α-hetero) is 1. The van der Waals surface area contributed by atoms with Gasteiger partial charge in [-0.05, 0) is 55.5 Å². The molecule has 1 aromatic carbocycles. The van der Waals surface area contributed by atoms with E-state index in [1.165, 1.54) is 0 Å². The molecule has 0 saturated heterocycles. The van der Waals surface area contributed by atoms with Crippen LogP contribution in [0.3, 0.4) is 0 Å². The Morgan fingerprint density at radius 1 is 1.11 bits per heavy atom. The maximum absolute atomic E-state index is 13.7. The molecule has 1 fully saturated rings. The van der Waals surface area contributed by atoms with E-state index in [1.807, 2.05) is 47.2 Å². The van der Waals surface area contributed by atoms with E-state index in [-0.39, 0.29) is 18.3 Å². The summed E-state index contributed by atoms with van der Waals surface area (Å²) in [6, 6.07) is 11.5. The summed E-state index contributed by atoms with van der Waals surface area (Å²) in [7, 11) is 0. The number of carbonyl (C=O) groups is 1. The fourth-order valence-electron chi connectivity index (χ4n) is 4.05. The van der Waals surface area contributed by atoms with Gasteiger partial charge in [0, 0.05) is 34.9 Å². The Morgan fingerprint density at radius 2 is 1.89 bits per heavy atom. The Morgan fingerprint density at radius 3 is 2.68 bits per heavy atom. The third-order valence-corrected chi connectivity index (χ3v) is 5.73. The molecular weight excluding hydrogens is 355 g/mol. The molecule has 1 saturated carbocycles. The number of halogens is 1. The summed E-state index contributed by atoms with van der Waals surface area (Å²) >= 11 is 0. The normalized spacial score (nSPS) is 20.6. The molecule has 2 atom stereocenters.